The predicted molar refractivity (Wildman–Crippen MR) is 283 cm³/mol. The molecule has 0 aliphatic carbocycles. The van der Waals surface area contributed by atoms with Gasteiger partial charge in [-0.3, -0.25) is 8.98 Å². The number of carboxylic acid groups (broad SMARTS) is 1. The van der Waals surface area contributed by atoms with Crippen molar-refractivity contribution in [2.24, 2.45) is 0 Å². The molecule has 0 unspecified atom stereocenters. The van der Waals surface area contributed by atoms with Crippen molar-refractivity contribution >= 4 is 27.8 Å². The molecule has 0 heterocycles. The Morgan fingerprint density at radius 2 is 0.696 bits per heavy atom. The Kier molecular flexibility index (Phi) is 54.8. The number of rotatable bonds is 55. The Hall–Kier alpha value is -1.37. The van der Waals surface area contributed by atoms with E-state index in [0.29, 0.717) is 85.7 Å². The minimum absolute atomic E-state index is 0.228. The van der Waals surface area contributed by atoms with Crippen LogP contribution in [0.5, 0.6) is 0 Å². The lowest BCUT2D eigenvalue weighted by Gasteiger charge is -2.07. The van der Waals surface area contributed by atoms with Gasteiger partial charge in [-0.2, -0.15) is 20.2 Å². The number of hydrogen-bond donors (Lipinski definition) is 1. The van der Waals surface area contributed by atoms with Gasteiger partial charge < -0.3 is 43.0 Å². The van der Waals surface area contributed by atoms with Crippen LogP contribution in [0.2, 0.25) is 0 Å². The maximum Gasteiger partial charge on any atom is 0.303 e. The Morgan fingerprint density at radius 3 is 1.04 bits per heavy atom. The van der Waals surface area contributed by atoms with Gasteiger partial charge in [0.15, 0.2) is 0 Å². The summed E-state index contributed by atoms with van der Waals surface area (Å²) in [6.07, 6.45) is 32.2. The van der Waals surface area contributed by atoms with E-state index in [4.69, 9.17) is 47.2 Å². The molecule has 0 aliphatic heterocycles. The van der Waals surface area contributed by atoms with Crippen molar-refractivity contribution in [2.45, 2.75) is 185 Å². The number of methoxy groups -OCH3 is 2. The number of aliphatic carboxylic acids is 1. The van der Waals surface area contributed by atoms with Crippen molar-refractivity contribution in [3.63, 3.8) is 0 Å². The first kappa shape index (κ1) is 67.6. The van der Waals surface area contributed by atoms with E-state index in [1.807, 2.05) is 6.92 Å². The summed E-state index contributed by atoms with van der Waals surface area (Å²) in [5.41, 5.74) is 1.03. The number of ether oxygens (including phenoxy) is 8. The summed E-state index contributed by atoms with van der Waals surface area (Å²) in [5.74, 6) is 1.99. The number of unbranched alkanes of at least 4 members (excludes halogenated alkanes) is 23. The molecule has 0 atom stereocenters. The molecule has 1 aromatic rings. The molecular weight excluding hydrogens is 921 g/mol. The van der Waals surface area contributed by atoms with E-state index < -0.39 is 16.1 Å². The monoisotopic (exact) mass is 1020 g/mol. The summed E-state index contributed by atoms with van der Waals surface area (Å²) < 4.78 is 71.9. The van der Waals surface area contributed by atoms with E-state index in [0.717, 1.165) is 63.7 Å². The minimum atomic E-state index is -3.63. The normalized spacial score (nSPS) is 11.6. The van der Waals surface area contributed by atoms with Crippen LogP contribution in [0.25, 0.3) is 0 Å². The van der Waals surface area contributed by atoms with Crippen molar-refractivity contribution in [3.8, 4) is 0 Å². The van der Waals surface area contributed by atoms with Gasteiger partial charge in [0.1, 0.15) is 0 Å². The first-order chi connectivity index (χ1) is 33.8. The highest BCUT2D eigenvalue weighted by atomic mass is 32.2. The largest absolute Gasteiger partial charge is 0.481 e. The lowest BCUT2D eigenvalue weighted by molar-refractivity contribution is -0.137. The Bertz CT molecular complexity index is 1270. The molecule has 408 valence electrons. The molecule has 1 aromatic carbocycles. The molecule has 0 aromatic heterocycles. The van der Waals surface area contributed by atoms with Crippen molar-refractivity contribution in [2.75, 3.05) is 125 Å². The fourth-order valence-corrected chi connectivity index (χ4v) is 9.11. The zero-order valence-electron chi connectivity index (χ0n) is 44.1. The Labute approximate surface area is 426 Å². The third kappa shape index (κ3) is 54.2. The summed E-state index contributed by atoms with van der Waals surface area (Å²) in [6.45, 7) is 11.3. The number of thioether (sulfide) groups is 1. The van der Waals surface area contributed by atoms with Crippen molar-refractivity contribution in [1.82, 2.24) is 0 Å². The number of carboxylic acids is 1. The van der Waals surface area contributed by atoms with Gasteiger partial charge >= 0.3 is 5.97 Å². The lowest BCUT2D eigenvalue weighted by Crippen LogP contribution is -2.11. The average molecular weight is 1020 g/mol. The van der Waals surface area contributed by atoms with Gasteiger partial charge in [0, 0.05) is 33.9 Å². The average Bonchev–Trinajstić information content (AvgIpc) is 3.34. The SMILES string of the molecule is COCCOCCOCCOCCCCCCCCCCCOS(=O)(=O)c1ccc(C)cc1.COCCOCCOCCOCCCCCCCCCCCSCCCCCCCCCCC(=O)O. The smallest absolute Gasteiger partial charge is 0.303 e. The molecule has 0 aliphatic rings. The standard InChI is InChI=1S/C29H58O6S.C25H44O7S/c1-32-21-22-34-25-26-35-24-23-33-20-16-12-8-4-2-5-9-13-17-27-36-28-18-14-10-6-3-7-11-15-19-29(30)31;1-24-12-14-25(15-13-24)33(26,27)32-17-11-9-7-5-3-4-6-8-10-16-29-20-21-31-23-22-30-19-18-28-2/h2-28H2,1H3,(H,30,31);12-15H,3-11,16-23H2,1-2H3. The van der Waals surface area contributed by atoms with Crippen LogP contribution in [-0.4, -0.2) is 144 Å². The van der Waals surface area contributed by atoms with Gasteiger partial charge in [-0.25, -0.2) is 0 Å². The number of hydrogen-bond acceptors (Lipinski definition) is 13. The zero-order valence-corrected chi connectivity index (χ0v) is 45.7. The highest BCUT2D eigenvalue weighted by molar-refractivity contribution is 7.99. The molecule has 15 heteroatoms. The maximum absolute atomic E-state index is 12.1. The lowest BCUT2D eigenvalue weighted by atomic mass is 10.1. The highest BCUT2D eigenvalue weighted by Gasteiger charge is 2.14. The highest BCUT2D eigenvalue weighted by Crippen LogP contribution is 2.17. The van der Waals surface area contributed by atoms with Crippen LogP contribution in [0.4, 0.5) is 0 Å². The van der Waals surface area contributed by atoms with E-state index in [-0.39, 0.29) is 11.5 Å². The first-order valence-corrected chi connectivity index (χ1v) is 29.6. The second kappa shape index (κ2) is 55.9. The molecule has 0 spiro atoms. The van der Waals surface area contributed by atoms with Crippen LogP contribution in [0.1, 0.15) is 179 Å². The van der Waals surface area contributed by atoms with Crippen molar-refractivity contribution in [1.29, 1.82) is 0 Å². The Morgan fingerprint density at radius 1 is 0.406 bits per heavy atom. The predicted octanol–water partition coefficient (Wildman–Crippen LogP) is 12.4. The third-order valence-electron chi connectivity index (χ3n) is 11.3. The second-order valence-corrected chi connectivity index (χ2v) is 20.5. The molecule has 1 rings (SSSR count). The van der Waals surface area contributed by atoms with Crippen molar-refractivity contribution < 1.29 is 60.4 Å². The molecule has 0 saturated carbocycles. The summed E-state index contributed by atoms with van der Waals surface area (Å²) >= 11 is 2.14. The summed E-state index contributed by atoms with van der Waals surface area (Å²) in [7, 11) is -0.299. The molecular formula is C54H102O13S2. The summed E-state index contributed by atoms with van der Waals surface area (Å²) in [4.78, 5) is 10.7. The van der Waals surface area contributed by atoms with Gasteiger partial charge in [-0.1, -0.05) is 146 Å². The van der Waals surface area contributed by atoms with Crippen LogP contribution >= 0.6 is 11.8 Å². The van der Waals surface area contributed by atoms with E-state index >= 15 is 0 Å². The quantitative estimate of drug-likeness (QED) is 0.0486. The van der Waals surface area contributed by atoms with Crippen LogP contribution in [0, 0.1) is 6.92 Å². The number of benzene rings is 1. The van der Waals surface area contributed by atoms with Gasteiger partial charge in [0.2, 0.25) is 0 Å². The third-order valence-corrected chi connectivity index (χ3v) is 13.8. The number of carbonyl (C=O) groups is 1. The van der Waals surface area contributed by atoms with E-state index in [1.165, 1.54) is 134 Å². The molecule has 13 nitrogen and oxygen atoms in total. The fourth-order valence-electron chi connectivity index (χ4n) is 7.14. The summed E-state index contributed by atoms with van der Waals surface area (Å²) in [6, 6.07) is 6.75. The van der Waals surface area contributed by atoms with E-state index in [2.05, 4.69) is 11.8 Å². The van der Waals surface area contributed by atoms with Crippen LogP contribution in [0.15, 0.2) is 29.2 Å². The minimum Gasteiger partial charge on any atom is -0.481 e. The Balaban J connectivity index is 0.00000134. The van der Waals surface area contributed by atoms with E-state index in [1.54, 1.807) is 38.5 Å². The summed E-state index contributed by atoms with van der Waals surface area (Å²) in [5, 5.41) is 8.61. The van der Waals surface area contributed by atoms with Gasteiger partial charge in [0.05, 0.1) is 90.8 Å². The van der Waals surface area contributed by atoms with Crippen LogP contribution in [-0.2, 0) is 57.0 Å². The fraction of sp³-hybridized carbons (Fsp3) is 0.870. The maximum atomic E-state index is 12.1. The molecule has 0 bridgehead atoms. The zero-order chi connectivity index (χ0) is 50.2. The second-order valence-electron chi connectivity index (χ2n) is 17.7. The van der Waals surface area contributed by atoms with Crippen LogP contribution in [0.3, 0.4) is 0 Å². The molecule has 0 radical (unpaired) electrons. The van der Waals surface area contributed by atoms with Gasteiger partial charge in [0.25, 0.3) is 10.1 Å². The van der Waals surface area contributed by atoms with E-state index in [9.17, 15) is 13.2 Å². The van der Waals surface area contributed by atoms with Gasteiger partial charge in [-0.05, 0) is 69.1 Å². The number of aryl methyl sites for hydroxylation is 1. The first-order valence-electron chi connectivity index (χ1n) is 27.0. The molecule has 69 heavy (non-hydrogen) atoms. The molecule has 0 fully saturated rings. The van der Waals surface area contributed by atoms with Crippen molar-refractivity contribution in [3.05, 3.63) is 29.8 Å². The molecule has 1 N–H and O–H groups in total. The topological polar surface area (TPSA) is 155 Å². The van der Waals surface area contributed by atoms with Gasteiger partial charge in [-0.15, -0.1) is 0 Å². The van der Waals surface area contributed by atoms with Crippen LogP contribution < -0.4 is 0 Å². The molecule has 0 amide bonds. The molecule has 0 saturated heterocycles.